The molecule has 0 spiro atoms. The van der Waals surface area contributed by atoms with E-state index in [9.17, 15) is 9.90 Å². The van der Waals surface area contributed by atoms with E-state index in [0.717, 1.165) is 5.56 Å². The van der Waals surface area contributed by atoms with Gasteiger partial charge in [0.2, 0.25) is 5.90 Å². The van der Waals surface area contributed by atoms with Gasteiger partial charge in [-0.25, -0.2) is 4.79 Å². The molecule has 2 atom stereocenters. The summed E-state index contributed by atoms with van der Waals surface area (Å²) in [4.78, 5) is 15.9. The van der Waals surface area contributed by atoms with E-state index < -0.39 is 16.9 Å². The van der Waals surface area contributed by atoms with E-state index in [1.165, 1.54) is 7.11 Å². The summed E-state index contributed by atoms with van der Waals surface area (Å²) in [5.74, 6) is -1.65. The largest absolute Gasteiger partial charge is 0.477 e. The summed E-state index contributed by atoms with van der Waals surface area (Å²) in [5, 5.41) is 15.8. The van der Waals surface area contributed by atoms with Crippen molar-refractivity contribution in [3.63, 3.8) is 0 Å². The van der Waals surface area contributed by atoms with Crippen molar-refractivity contribution in [1.29, 1.82) is 0 Å². The van der Waals surface area contributed by atoms with Gasteiger partial charge >= 0.3 is 5.97 Å². The summed E-state index contributed by atoms with van der Waals surface area (Å²) in [6.45, 7) is 0. The number of nitrogens with one attached hydrogen (secondary N) is 1. The van der Waals surface area contributed by atoms with Crippen LogP contribution in [-0.2, 0) is 14.4 Å². The first kappa shape index (κ1) is 16.6. The van der Waals surface area contributed by atoms with Crippen LogP contribution < -0.4 is 5.43 Å². The van der Waals surface area contributed by atoms with Crippen molar-refractivity contribution < 1.29 is 19.5 Å². The summed E-state index contributed by atoms with van der Waals surface area (Å²) in [7, 11) is 1.27. The van der Waals surface area contributed by atoms with Crippen LogP contribution in [0.1, 0.15) is 5.56 Å². The SMILES string of the molecule is CO/N=C(\C(=O)O)C(CBr)C1(S)NN=C(c2ccccc2)O1. The van der Waals surface area contributed by atoms with Crippen molar-refractivity contribution in [1.82, 2.24) is 5.43 Å². The molecule has 9 heteroatoms. The lowest BCUT2D eigenvalue weighted by Crippen LogP contribution is -2.49. The molecular formula is C13H14BrN3O4S. The van der Waals surface area contributed by atoms with Gasteiger partial charge in [-0.2, -0.15) is 0 Å². The highest BCUT2D eigenvalue weighted by Gasteiger charge is 2.47. The summed E-state index contributed by atoms with van der Waals surface area (Å²) >= 11 is 7.67. The summed E-state index contributed by atoms with van der Waals surface area (Å²) in [5.41, 5.74) is 3.25. The molecule has 118 valence electrons. The zero-order valence-electron chi connectivity index (χ0n) is 11.6. The van der Waals surface area contributed by atoms with Gasteiger partial charge in [-0.1, -0.05) is 39.3 Å². The maximum Gasteiger partial charge on any atom is 0.354 e. The van der Waals surface area contributed by atoms with Gasteiger partial charge in [-0.05, 0) is 12.1 Å². The second-order valence-corrected chi connectivity index (χ2v) is 5.68. The molecule has 1 aliphatic rings. The zero-order valence-corrected chi connectivity index (χ0v) is 14.0. The number of ether oxygens (including phenoxy) is 1. The first-order valence-electron chi connectivity index (χ1n) is 6.23. The van der Waals surface area contributed by atoms with Crippen molar-refractivity contribution in [2.45, 2.75) is 5.06 Å². The second kappa shape index (κ2) is 7.01. The van der Waals surface area contributed by atoms with E-state index in [0.29, 0.717) is 5.90 Å². The van der Waals surface area contributed by atoms with Gasteiger partial charge in [0, 0.05) is 10.9 Å². The number of aliphatic carboxylic acids is 1. The molecule has 2 unspecified atom stereocenters. The minimum absolute atomic E-state index is 0.230. The third kappa shape index (κ3) is 3.36. The Morgan fingerprint density at radius 2 is 2.27 bits per heavy atom. The Morgan fingerprint density at radius 1 is 1.59 bits per heavy atom. The number of nitrogens with zero attached hydrogens (tertiary/aromatic N) is 2. The van der Waals surface area contributed by atoms with E-state index in [1.54, 1.807) is 0 Å². The Morgan fingerprint density at radius 3 is 2.82 bits per heavy atom. The average Bonchev–Trinajstić information content (AvgIpc) is 2.91. The maximum absolute atomic E-state index is 11.4. The van der Waals surface area contributed by atoms with Crippen molar-refractivity contribution in [2.75, 3.05) is 12.4 Å². The lowest BCUT2D eigenvalue weighted by atomic mass is 10.0. The van der Waals surface area contributed by atoms with Gasteiger partial charge in [-0.15, -0.1) is 17.7 Å². The summed E-state index contributed by atoms with van der Waals surface area (Å²) in [6, 6.07) is 9.21. The van der Waals surface area contributed by atoms with Crippen LogP contribution in [-0.4, -0.2) is 40.2 Å². The highest BCUT2D eigenvalue weighted by Crippen LogP contribution is 2.32. The van der Waals surface area contributed by atoms with Crippen LogP contribution in [0.25, 0.3) is 0 Å². The first-order chi connectivity index (χ1) is 10.5. The average molecular weight is 388 g/mol. The fourth-order valence-electron chi connectivity index (χ4n) is 1.89. The number of carboxylic acid groups (broad SMARTS) is 1. The van der Waals surface area contributed by atoms with E-state index in [4.69, 9.17) is 4.74 Å². The van der Waals surface area contributed by atoms with Crippen LogP contribution in [0.5, 0.6) is 0 Å². The molecule has 1 aliphatic heterocycles. The molecule has 2 rings (SSSR count). The Bertz CT molecular complexity index is 611. The molecular weight excluding hydrogens is 374 g/mol. The molecule has 0 radical (unpaired) electrons. The van der Waals surface area contributed by atoms with Gasteiger partial charge < -0.3 is 14.7 Å². The summed E-state index contributed by atoms with van der Waals surface area (Å²) in [6.07, 6.45) is 0. The lowest BCUT2D eigenvalue weighted by molar-refractivity contribution is -0.130. The Hall–Kier alpha value is -1.74. The molecule has 1 heterocycles. The molecule has 22 heavy (non-hydrogen) atoms. The van der Waals surface area contributed by atoms with E-state index >= 15 is 0 Å². The fraction of sp³-hybridized carbons (Fsp3) is 0.308. The first-order valence-corrected chi connectivity index (χ1v) is 7.80. The van der Waals surface area contributed by atoms with Gasteiger partial charge in [0.1, 0.15) is 7.11 Å². The maximum atomic E-state index is 11.4. The third-order valence-electron chi connectivity index (χ3n) is 2.96. The normalized spacial score (nSPS) is 22.3. The number of rotatable bonds is 6. The number of carboxylic acids is 1. The van der Waals surface area contributed by atoms with E-state index in [2.05, 4.69) is 49.1 Å². The van der Waals surface area contributed by atoms with E-state index in [-0.39, 0.29) is 11.0 Å². The predicted molar refractivity (Wildman–Crippen MR) is 88.3 cm³/mol. The second-order valence-electron chi connectivity index (χ2n) is 4.36. The molecule has 1 aromatic rings. The third-order valence-corrected chi connectivity index (χ3v) is 4.11. The molecule has 7 nitrogen and oxygen atoms in total. The van der Waals surface area contributed by atoms with E-state index in [1.807, 2.05) is 30.3 Å². The number of hydrogen-bond donors (Lipinski definition) is 3. The number of carbonyl (C=O) groups is 1. The van der Waals surface area contributed by atoms with Crippen LogP contribution in [0.3, 0.4) is 0 Å². The predicted octanol–water partition coefficient (Wildman–Crippen LogP) is 1.65. The minimum atomic E-state index is -1.36. The molecule has 0 bridgehead atoms. The molecule has 0 saturated heterocycles. The quantitative estimate of drug-likeness (QED) is 0.298. The van der Waals surface area contributed by atoms with Gasteiger partial charge in [-0.3, -0.25) is 5.43 Å². The molecule has 0 saturated carbocycles. The van der Waals surface area contributed by atoms with Crippen molar-refractivity contribution in [3.05, 3.63) is 35.9 Å². The zero-order chi connectivity index (χ0) is 16.2. The number of halogens is 1. The Balaban J connectivity index is 2.25. The van der Waals surface area contributed by atoms with Crippen LogP contribution >= 0.6 is 28.6 Å². The van der Waals surface area contributed by atoms with Gasteiger partial charge in [0.25, 0.3) is 5.06 Å². The molecule has 0 aliphatic carbocycles. The number of thiol groups is 1. The monoisotopic (exact) mass is 387 g/mol. The van der Waals surface area contributed by atoms with Crippen LogP contribution in [0.4, 0.5) is 0 Å². The molecule has 2 N–H and O–H groups in total. The number of hydrogen-bond acceptors (Lipinski definition) is 7. The van der Waals surface area contributed by atoms with Crippen LogP contribution in [0, 0.1) is 5.92 Å². The Labute approximate surface area is 140 Å². The number of alkyl halides is 1. The standard InChI is InChI=1S/C13H14BrN3O4S/c1-20-16-10(12(18)19)9(7-14)13(22)17-15-11(21-13)8-5-3-2-4-6-8/h2-6,9,17,22H,7H2,1H3,(H,18,19)/b16-10-. The fourth-order valence-corrected chi connectivity index (χ4v) is 3.25. The van der Waals surface area contributed by atoms with Crippen molar-refractivity contribution >= 4 is 46.1 Å². The van der Waals surface area contributed by atoms with Gasteiger partial charge in [0.05, 0.1) is 5.92 Å². The van der Waals surface area contributed by atoms with Crippen molar-refractivity contribution in [3.8, 4) is 0 Å². The highest BCUT2D eigenvalue weighted by atomic mass is 79.9. The molecule has 0 amide bonds. The smallest absolute Gasteiger partial charge is 0.354 e. The number of benzene rings is 1. The summed E-state index contributed by atoms with van der Waals surface area (Å²) < 4.78 is 5.74. The minimum Gasteiger partial charge on any atom is -0.477 e. The van der Waals surface area contributed by atoms with Crippen LogP contribution in [0.15, 0.2) is 40.6 Å². The number of oxime groups is 1. The lowest BCUT2D eigenvalue weighted by Gasteiger charge is -2.29. The molecule has 0 fully saturated rings. The number of hydrazone groups is 1. The Kier molecular flexibility index (Phi) is 5.30. The topological polar surface area (TPSA) is 92.5 Å². The highest BCUT2D eigenvalue weighted by molar-refractivity contribution is 9.09. The van der Waals surface area contributed by atoms with Crippen molar-refractivity contribution in [2.24, 2.45) is 16.2 Å². The molecule has 0 aromatic heterocycles. The van der Waals surface area contributed by atoms with Crippen LogP contribution in [0.2, 0.25) is 0 Å². The van der Waals surface area contributed by atoms with Gasteiger partial charge in [0.15, 0.2) is 5.71 Å². The molecule has 1 aromatic carbocycles.